The van der Waals surface area contributed by atoms with E-state index in [-0.39, 0.29) is 24.9 Å². The van der Waals surface area contributed by atoms with E-state index in [4.69, 9.17) is 4.74 Å². The van der Waals surface area contributed by atoms with Crippen LogP contribution < -0.4 is 5.32 Å². The molecule has 0 heterocycles. The summed E-state index contributed by atoms with van der Waals surface area (Å²) in [6, 6.07) is -0.696. The van der Waals surface area contributed by atoms with Crippen LogP contribution in [0.2, 0.25) is 0 Å². The highest BCUT2D eigenvalue weighted by atomic mass is 16.5. The quantitative estimate of drug-likeness (QED) is 0.0322. The number of ether oxygens (including phenoxy) is 1. The monoisotopic (exact) mass is 834 g/mol. The molecular weight excluding hydrogens is 731 g/mol. The highest BCUT2D eigenvalue weighted by molar-refractivity contribution is 5.77. The molecule has 0 aromatic carbocycles. The number of hydrogen-bond donors (Lipinski definition) is 3. The molecule has 3 N–H and O–H groups in total. The maximum Gasteiger partial charge on any atom is 0.306 e. The molecule has 6 heteroatoms. The van der Waals surface area contributed by atoms with Crippen molar-refractivity contribution in [1.82, 2.24) is 5.32 Å². The molecule has 1 amide bonds. The van der Waals surface area contributed by atoms with Crippen molar-refractivity contribution in [1.29, 1.82) is 0 Å². The van der Waals surface area contributed by atoms with E-state index in [1.165, 1.54) is 193 Å². The van der Waals surface area contributed by atoms with E-state index < -0.39 is 18.2 Å². The highest BCUT2D eigenvalue weighted by Crippen LogP contribution is 2.19. The fraction of sp³-hybridized carbons (Fsp3) is 0.925. The van der Waals surface area contributed by atoms with Crippen molar-refractivity contribution < 1.29 is 24.5 Å². The van der Waals surface area contributed by atoms with Gasteiger partial charge in [-0.1, -0.05) is 245 Å². The van der Waals surface area contributed by atoms with Gasteiger partial charge in [0.15, 0.2) is 0 Å². The Morgan fingerprint density at radius 3 is 1.25 bits per heavy atom. The van der Waals surface area contributed by atoms with Crippen molar-refractivity contribution in [3.63, 3.8) is 0 Å². The van der Waals surface area contributed by atoms with E-state index in [9.17, 15) is 19.8 Å². The van der Waals surface area contributed by atoms with Crippen LogP contribution in [-0.4, -0.2) is 46.9 Å². The van der Waals surface area contributed by atoms with E-state index in [2.05, 4.69) is 38.2 Å². The van der Waals surface area contributed by atoms with Crippen LogP contribution in [0.4, 0.5) is 0 Å². The first-order chi connectivity index (χ1) is 29.0. The summed E-state index contributed by atoms with van der Waals surface area (Å²) in [5, 5.41) is 23.8. The third-order valence-corrected chi connectivity index (χ3v) is 12.3. The predicted octanol–water partition coefficient (Wildman–Crippen LogP) is 15.7. The molecule has 3 unspecified atom stereocenters. The van der Waals surface area contributed by atoms with Crippen LogP contribution >= 0.6 is 0 Å². The van der Waals surface area contributed by atoms with Crippen molar-refractivity contribution in [2.24, 2.45) is 0 Å². The summed E-state index contributed by atoms with van der Waals surface area (Å²) < 4.78 is 5.93. The molecule has 0 fully saturated rings. The number of rotatable bonds is 48. The highest BCUT2D eigenvalue weighted by Gasteiger charge is 2.24. The van der Waals surface area contributed by atoms with Crippen LogP contribution in [-0.2, 0) is 14.3 Å². The molecular formula is C53H103NO5. The molecule has 0 aliphatic carbocycles. The molecule has 0 bridgehead atoms. The van der Waals surface area contributed by atoms with Crippen molar-refractivity contribution in [2.45, 2.75) is 309 Å². The van der Waals surface area contributed by atoms with Gasteiger partial charge in [0.1, 0.15) is 6.10 Å². The van der Waals surface area contributed by atoms with Crippen LogP contribution in [0.25, 0.3) is 0 Å². The smallest absolute Gasteiger partial charge is 0.306 e. The SMILES string of the molecule is CCCC/C=C\CCCCCCCC(=O)OC(CCCCCCCCCCCCCCC)CC(=O)NC(CO)C(O)CCCCCCCCCCCCCCCCCC. The van der Waals surface area contributed by atoms with Gasteiger partial charge in [0.25, 0.3) is 0 Å². The summed E-state index contributed by atoms with van der Waals surface area (Å²) >= 11 is 0. The number of carbonyl (C=O) groups is 2. The summed E-state index contributed by atoms with van der Waals surface area (Å²) in [5.41, 5.74) is 0. The molecule has 0 aromatic heterocycles. The Morgan fingerprint density at radius 1 is 0.475 bits per heavy atom. The lowest BCUT2D eigenvalue weighted by atomic mass is 10.0. The van der Waals surface area contributed by atoms with Crippen molar-refractivity contribution in [3.8, 4) is 0 Å². The number of aliphatic hydroxyl groups excluding tert-OH is 2. The first-order valence-electron chi connectivity index (χ1n) is 26.4. The third-order valence-electron chi connectivity index (χ3n) is 12.3. The minimum absolute atomic E-state index is 0.0814. The fourth-order valence-corrected chi connectivity index (χ4v) is 8.30. The first kappa shape index (κ1) is 57.6. The Balaban J connectivity index is 4.48. The minimum atomic E-state index is -0.783. The van der Waals surface area contributed by atoms with Crippen LogP contribution in [0.3, 0.4) is 0 Å². The van der Waals surface area contributed by atoms with E-state index in [0.717, 1.165) is 51.4 Å². The Kier molecular flexibility index (Phi) is 46.5. The van der Waals surface area contributed by atoms with Gasteiger partial charge in [-0.15, -0.1) is 0 Å². The Hall–Kier alpha value is -1.40. The maximum atomic E-state index is 13.2. The van der Waals surface area contributed by atoms with Crippen LogP contribution in [0.15, 0.2) is 12.2 Å². The lowest BCUT2D eigenvalue weighted by Crippen LogP contribution is -2.46. The van der Waals surface area contributed by atoms with Gasteiger partial charge in [-0.3, -0.25) is 9.59 Å². The molecule has 0 rings (SSSR count). The standard InChI is InChI=1S/C53H103NO5/c1-4-7-10-13-16-19-22-24-25-26-28-31-33-36-39-42-45-51(56)50(48-55)54-52(57)47-49(44-41-38-35-32-30-27-23-20-17-14-11-8-5-2)59-53(58)46-43-40-37-34-29-21-18-15-12-9-6-3/h15,18,49-51,55-56H,4-14,16-17,19-48H2,1-3H3,(H,54,57)/b18-15-. The normalized spacial score (nSPS) is 13.2. The Labute approximate surface area is 368 Å². The summed E-state index contributed by atoms with van der Waals surface area (Å²) in [6.07, 6.45) is 52.7. The number of amides is 1. The molecule has 0 aliphatic heterocycles. The second-order valence-corrected chi connectivity index (χ2v) is 18.3. The van der Waals surface area contributed by atoms with Crippen LogP contribution in [0.5, 0.6) is 0 Å². The fourth-order valence-electron chi connectivity index (χ4n) is 8.30. The van der Waals surface area contributed by atoms with Gasteiger partial charge in [0.05, 0.1) is 25.2 Å². The van der Waals surface area contributed by atoms with Gasteiger partial charge >= 0.3 is 5.97 Å². The van der Waals surface area contributed by atoms with Crippen molar-refractivity contribution in [2.75, 3.05) is 6.61 Å². The molecule has 6 nitrogen and oxygen atoms in total. The number of allylic oxidation sites excluding steroid dienone is 2. The van der Waals surface area contributed by atoms with Crippen molar-refractivity contribution in [3.05, 3.63) is 12.2 Å². The number of unbranched alkanes of at least 4 members (excludes halogenated alkanes) is 34. The summed E-state index contributed by atoms with van der Waals surface area (Å²) in [4.78, 5) is 26.1. The zero-order valence-corrected chi connectivity index (χ0v) is 39.9. The van der Waals surface area contributed by atoms with Gasteiger partial charge in [-0.05, 0) is 44.9 Å². The van der Waals surface area contributed by atoms with Gasteiger partial charge < -0.3 is 20.3 Å². The average Bonchev–Trinajstić information content (AvgIpc) is 3.23. The molecule has 0 saturated heterocycles. The molecule has 59 heavy (non-hydrogen) atoms. The number of hydrogen-bond acceptors (Lipinski definition) is 5. The molecule has 350 valence electrons. The predicted molar refractivity (Wildman–Crippen MR) is 255 cm³/mol. The number of nitrogens with one attached hydrogen (secondary N) is 1. The second kappa shape index (κ2) is 47.6. The Morgan fingerprint density at radius 2 is 0.831 bits per heavy atom. The molecule has 0 saturated carbocycles. The molecule has 0 aromatic rings. The van der Waals surface area contributed by atoms with E-state index in [1.807, 2.05) is 0 Å². The summed E-state index contributed by atoms with van der Waals surface area (Å²) in [7, 11) is 0. The molecule has 0 radical (unpaired) electrons. The Bertz CT molecular complexity index is 893. The topological polar surface area (TPSA) is 95.9 Å². The molecule has 0 aliphatic rings. The number of aliphatic hydroxyl groups is 2. The minimum Gasteiger partial charge on any atom is -0.462 e. The maximum absolute atomic E-state index is 13.2. The van der Waals surface area contributed by atoms with E-state index in [1.54, 1.807) is 0 Å². The number of carbonyl (C=O) groups excluding carboxylic acids is 2. The van der Waals surface area contributed by atoms with Crippen molar-refractivity contribution >= 4 is 11.9 Å². The van der Waals surface area contributed by atoms with Gasteiger partial charge in [0, 0.05) is 6.42 Å². The zero-order valence-electron chi connectivity index (χ0n) is 39.9. The summed E-state index contributed by atoms with van der Waals surface area (Å²) in [5.74, 6) is -0.468. The molecule has 0 spiro atoms. The van der Waals surface area contributed by atoms with Gasteiger partial charge in [-0.25, -0.2) is 0 Å². The largest absolute Gasteiger partial charge is 0.462 e. The van der Waals surface area contributed by atoms with E-state index >= 15 is 0 Å². The lowest BCUT2D eigenvalue weighted by Gasteiger charge is -2.24. The first-order valence-corrected chi connectivity index (χ1v) is 26.4. The van der Waals surface area contributed by atoms with Gasteiger partial charge in [0.2, 0.25) is 5.91 Å². The van der Waals surface area contributed by atoms with Crippen LogP contribution in [0, 0.1) is 0 Å². The van der Waals surface area contributed by atoms with Gasteiger partial charge in [-0.2, -0.15) is 0 Å². The van der Waals surface area contributed by atoms with E-state index in [0.29, 0.717) is 19.3 Å². The average molecular weight is 834 g/mol. The molecule has 3 atom stereocenters. The second-order valence-electron chi connectivity index (χ2n) is 18.3. The third kappa shape index (κ3) is 43.1. The lowest BCUT2D eigenvalue weighted by molar-refractivity contribution is -0.151. The summed E-state index contributed by atoms with van der Waals surface area (Å²) in [6.45, 7) is 6.47. The zero-order chi connectivity index (χ0) is 43.1. The number of esters is 1. The van der Waals surface area contributed by atoms with Crippen LogP contribution in [0.1, 0.15) is 290 Å².